The van der Waals surface area contributed by atoms with E-state index in [-0.39, 0.29) is 5.56 Å². The van der Waals surface area contributed by atoms with Gasteiger partial charge in [0.25, 0.3) is 0 Å². The van der Waals surface area contributed by atoms with Crippen LogP contribution in [0, 0.1) is 11.3 Å². The molecule has 0 atom stereocenters. The number of allylic oxidation sites excluding steroid dienone is 1. The van der Waals surface area contributed by atoms with Gasteiger partial charge in [0.1, 0.15) is 0 Å². The zero-order valence-corrected chi connectivity index (χ0v) is 7.27. The summed E-state index contributed by atoms with van der Waals surface area (Å²) in [5, 5.41) is 17.0. The predicted octanol–water partition coefficient (Wildman–Crippen LogP) is 1.21. The monoisotopic (exact) mass is 188 g/mol. The average molecular weight is 188 g/mol. The number of nitriles is 1. The SMILES string of the molecule is N#C/C=C(/N)c1ccc(C(=O)O)cc1. The molecule has 14 heavy (non-hydrogen) atoms. The zero-order chi connectivity index (χ0) is 10.6. The molecule has 0 fully saturated rings. The van der Waals surface area contributed by atoms with E-state index in [1.165, 1.54) is 18.2 Å². The molecular formula is C10H8N2O2. The third-order valence-corrected chi connectivity index (χ3v) is 1.69. The molecule has 0 saturated carbocycles. The van der Waals surface area contributed by atoms with Crippen LogP contribution in [0.5, 0.6) is 0 Å². The second-order valence-electron chi connectivity index (χ2n) is 2.61. The van der Waals surface area contributed by atoms with Crippen LogP contribution in [-0.4, -0.2) is 11.1 Å². The molecule has 3 N–H and O–H groups in total. The van der Waals surface area contributed by atoms with Gasteiger partial charge in [0.05, 0.1) is 11.6 Å². The Balaban J connectivity index is 3.01. The third kappa shape index (κ3) is 2.11. The Morgan fingerprint density at radius 3 is 2.29 bits per heavy atom. The second kappa shape index (κ2) is 4.10. The number of carboxylic acid groups (broad SMARTS) is 1. The summed E-state index contributed by atoms with van der Waals surface area (Å²) in [6.45, 7) is 0. The first kappa shape index (κ1) is 9.81. The molecule has 4 nitrogen and oxygen atoms in total. The van der Waals surface area contributed by atoms with Crippen LogP contribution in [0.2, 0.25) is 0 Å². The number of aromatic carboxylic acids is 1. The fraction of sp³-hybridized carbons (Fsp3) is 0. The van der Waals surface area contributed by atoms with Gasteiger partial charge in [-0.05, 0) is 17.7 Å². The van der Waals surface area contributed by atoms with Crippen molar-refractivity contribution < 1.29 is 9.90 Å². The van der Waals surface area contributed by atoms with Crippen LogP contribution in [0.1, 0.15) is 15.9 Å². The van der Waals surface area contributed by atoms with E-state index < -0.39 is 5.97 Å². The summed E-state index contributed by atoms with van der Waals surface area (Å²) in [5.74, 6) is -0.987. The number of carbonyl (C=O) groups is 1. The summed E-state index contributed by atoms with van der Waals surface area (Å²) in [6, 6.07) is 7.80. The van der Waals surface area contributed by atoms with Crippen LogP contribution in [0.15, 0.2) is 30.3 Å². The molecular weight excluding hydrogens is 180 g/mol. The molecule has 0 aliphatic heterocycles. The highest BCUT2D eigenvalue weighted by Gasteiger charge is 2.02. The van der Waals surface area contributed by atoms with Crippen molar-refractivity contribution in [1.29, 1.82) is 5.26 Å². The summed E-state index contributed by atoms with van der Waals surface area (Å²) in [5.41, 5.74) is 6.68. The highest BCUT2D eigenvalue weighted by molar-refractivity contribution is 5.88. The number of rotatable bonds is 2. The van der Waals surface area contributed by atoms with Crippen molar-refractivity contribution in [2.24, 2.45) is 5.73 Å². The fourth-order valence-electron chi connectivity index (χ4n) is 0.958. The van der Waals surface area contributed by atoms with Crippen molar-refractivity contribution in [3.8, 4) is 6.07 Å². The fourth-order valence-corrected chi connectivity index (χ4v) is 0.958. The van der Waals surface area contributed by atoms with Crippen LogP contribution in [0.25, 0.3) is 5.70 Å². The quantitative estimate of drug-likeness (QED) is 0.683. The lowest BCUT2D eigenvalue weighted by molar-refractivity contribution is 0.0697. The summed E-state index contributed by atoms with van der Waals surface area (Å²) in [4.78, 5) is 10.5. The number of hydrogen-bond donors (Lipinski definition) is 2. The molecule has 0 aromatic heterocycles. The molecule has 0 aliphatic rings. The minimum absolute atomic E-state index is 0.193. The van der Waals surface area contributed by atoms with Gasteiger partial charge < -0.3 is 10.8 Å². The minimum Gasteiger partial charge on any atom is -0.478 e. The Hall–Kier alpha value is -2.28. The normalized spacial score (nSPS) is 10.6. The van der Waals surface area contributed by atoms with Crippen molar-refractivity contribution in [1.82, 2.24) is 0 Å². The smallest absolute Gasteiger partial charge is 0.335 e. The maximum absolute atomic E-state index is 10.5. The van der Waals surface area contributed by atoms with E-state index in [1.54, 1.807) is 18.2 Å². The molecule has 0 spiro atoms. The topological polar surface area (TPSA) is 87.1 Å². The van der Waals surface area contributed by atoms with Crippen molar-refractivity contribution in [3.63, 3.8) is 0 Å². The molecule has 1 aromatic rings. The van der Waals surface area contributed by atoms with Gasteiger partial charge in [-0.25, -0.2) is 4.79 Å². The summed E-state index contributed by atoms with van der Waals surface area (Å²) in [7, 11) is 0. The summed E-state index contributed by atoms with van der Waals surface area (Å²) in [6.07, 6.45) is 1.20. The molecule has 0 saturated heterocycles. The van der Waals surface area contributed by atoms with E-state index in [1.807, 2.05) is 0 Å². The van der Waals surface area contributed by atoms with Gasteiger partial charge in [-0.1, -0.05) is 12.1 Å². The number of benzene rings is 1. The first-order chi connectivity index (χ1) is 6.65. The maximum atomic E-state index is 10.5. The Morgan fingerprint density at radius 1 is 1.36 bits per heavy atom. The Bertz CT molecular complexity index is 413. The average Bonchev–Trinajstić information content (AvgIpc) is 2.18. The molecule has 0 aliphatic carbocycles. The summed E-state index contributed by atoms with van der Waals surface area (Å²) >= 11 is 0. The molecule has 0 unspecified atom stereocenters. The highest BCUT2D eigenvalue weighted by Crippen LogP contribution is 2.10. The predicted molar refractivity (Wildman–Crippen MR) is 51.2 cm³/mol. The van der Waals surface area contributed by atoms with E-state index in [0.717, 1.165) is 0 Å². The maximum Gasteiger partial charge on any atom is 0.335 e. The van der Waals surface area contributed by atoms with Crippen LogP contribution in [0.4, 0.5) is 0 Å². The number of carboxylic acids is 1. The number of hydrogen-bond acceptors (Lipinski definition) is 3. The number of nitrogens with two attached hydrogens (primary N) is 1. The highest BCUT2D eigenvalue weighted by atomic mass is 16.4. The van der Waals surface area contributed by atoms with Crippen molar-refractivity contribution in [2.45, 2.75) is 0 Å². The van der Waals surface area contributed by atoms with Crippen molar-refractivity contribution >= 4 is 11.7 Å². The van der Waals surface area contributed by atoms with E-state index >= 15 is 0 Å². The lowest BCUT2D eigenvalue weighted by Gasteiger charge is -1.99. The van der Waals surface area contributed by atoms with Crippen LogP contribution in [-0.2, 0) is 0 Å². The van der Waals surface area contributed by atoms with Gasteiger partial charge in [-0.15, -0.1) is 0 Å². The van der Waals surface area contributed by atoms with E-state index in [0.29, 0.717) is 11.3 Å². The van der Waals surface area contributed by atoms with Gasteiger partial charge in [-0.3, -0.25) is 0 Å². The van der Waals surface area contributed by atoms with Gasteiger partial charge in [0.2, 0.25) is 0 Å². The summed E-state index contributed by atoms with van der Waals surface area (Å²) < 4.78 is 0. The lowest BCUT2D eigenvalue weighted by atomic mass is 10.1. The van der Waals surface area contributed by atoms with Crippen molar-refractivity contribution in [2.75, 3.05) is 0 Å². The van der Waals surface area contributed by atoms with Crippen molar-refractivity contribution in [3.05, 3.63) is 41.5 Å². The zero-order valence-electron chi connectivity index (χ0n) is 7.27. The standard InChI is InChI=1S/C10H8N2O2/c11-6-5-9(12)7-1-3-8(4-2-7)10(13)14/h1-5H,12H2,(H,13,14)/b9-5+. The van der Waals surface area contributed by atoms with E-state index in [2.05, 4.69) is 0 Å². The van der Waals surface area contributed by atoms with Crippen LogP contribution >= 0.6 is 0 Å². The Morgan fingerprint density at radius 2 is 1.86 bits per heavy atom. The molecule has 0 bridgehead atoms. The van der Waals surface area contributed by atoms with Gasteiger partial charge >= 0.3 is 5.97 Å². The first-order valence-electron chi connectivity index (χ1n) is 3.84. The van der Waals surface area contributed by atoms with Gasteiger partial charge in [0, 0.05) is 11.8 Å². The molecule has 4 heteroatoms. The molecule has 0 amide bonds. The third-order valence-electron chi connectivity index (χ3n) is 1.69. The van der Waals surface area contributed by atoms with Gasteiger partial charge in [-0.2, -0.15) is 5.26 Å². The number of nitrogens with zero attached hydrogens (tertiary/aromatic N) is 1. The van der Waals surface area contributed by atoms with Crippen LogP contribution in [0.3, 0.4) is 0 Å². The molecule has 0 radical (unpaired) electrons. The Kier molecular flexibility index (Phi) is 2.87. The first-order valence-corrected chi connectivity index (χ1v) is 3.84. The molecule has 1 rings (SSSR count). The minimum atomic E-state index is -0.987. The second-order valence-corrected chi connectivity index (χ2v) is 2.61. The lowest BCUT2D eigenvalue weighted by Crippen LogP contribution is -1.99. The molecule has 70 valence electrons. The Labute approximate surface area is 80.9 Å². The van der Waals surface area contributed by atoms with E-state index in [4.69, 9.17) is 16.1 Å². The largest absolute Gasteiger partial charge is 0.478 e. The molecule has 0 heterocycles. The molecule has 1 aromatic carbocycles. The van der Waals surface area contributed by atoms with Crippen LogP contribution < -0.4 is 5.73 Å². The van der Waals surface area contributed by atoms with E-state index in [9.17, 15) is 4.79 Å². The van der Waals surface area contributed by atoms with Gasteiger partial charge in [0.15, 0.2) is 0 Å².